The minimum Gasteiger partial charge on any atom is -0.466 e. The van der Waals surface area contributed by atoms with Crippen LogP contribution in [0.25, 0.3) is 0 Å². The molecule has 0 atom stereocenters. The van der Waals surface area contributed by atoms with Crippen molar-refractivity contribution in [3.8, 4) is 0 Å². The molecule has 1 fully saturated rings. The number of anilines is 2. The van der Waals surface area contributed by atoms with Crippen LogP contribution >= 0.6 is 0 Å². The molecule has 0 bridgehead atoms. The maximum absolute atomic E-state index is 11.2. The van der Waals surface area contributed by atoms with Crippen LogP contribution in [0.3, 0.4) is 0 Å². The summed E-state index contributed by atoms with van der Waals surface area (Å²) in [5.74, 6) is -0.292. The lowest BCUT2D eigenvalue weighted by molar-refractivity contribution is -0.136. The molecule has 0 spiro atoms. The SMILES string of the molecule is COC(=O)/C(C)=C/CNc1ccc(N2CCOCC2)cc1. The lowest BCUT2D eigenvalue weighted by atomic mass is 10.2. The zero-order valence-corrected chi connectivity index (χ0v) is 12.6. The molecule has 1 aliphatic heterocycles. The van der Waals surface area contributed by atoms with Gasteiger partial charge in [-0.2, -0.15) is 0 Å². The molecule has 0 unspecified atom stereocenters. The number of rotatable bonds is 5. The Kier molecular flexibility index (Phi) is 5.63. The number of methoxy groups -OCH3 is 1. The van der Waals surface area contributed by atoms with E-state index in [1.54, 1.807) is 6.92 Å². The van der Waals surface area contributed by atoms with Gasteiger partial charge in [0.15, 0.2) is 0 Å². The van der Waals surface area contributed by atoms with Gasteiger partial charge < -0.3 is 19.7 Å². The summed E-state index contributed by atoms with van der Waals surface area (Å²) in [7, 11) is 1.39. The highest BCUT2D eigenvalue weighted by Crippen LogP contribution is 2.18. The third kappa shape index (κ3) is 4.49. The van der Waals surface area contributed by atoms with Gasteiger partial charge in [-0.25, -0.2) is 4.79 Å². The standard InChI is InChI=1S/C16H22N2O3/c1-13(16(19)20-2)7-8-17-14-3-5-15(6-4-14)18-9-11-21-12-10-18/h3-7,17H,8-12H2,1-2H3/b13-7+. The van der Waals surface area contributed by atoms with Crippen LogP contribution in [0.15, 0.2) is 35.9 Å². The normalized spacial score (nSPS) is 15.7. The average molecular weight is 290 g/mol. The third-order valence-electron chi connectivity index (χ3n) is 3.47. The fourth-order valence-corrected chi connectivity index (χ4v) is 2.18. The maximum Gasteiger partial charge on any atom is 0.333 e. The van der Waals surface area contributed by atoms with Crippen LogP contribution in [0.1, 0.15) is 6.92 Å². The van der Waals surface area contributed by atoms with Crippen molar-refractivity contribution in [1.82, 2.24) is 0 Å². The van der Waals surface area contributed by atoms with Gasteiger partial charge in [-0.15, -0.1) is 0 Å². The van der Waals surface area contributed by atoms with Crippen LogP contribution in [0.4, 0.5) is 11.4 Å². The summed E-state index contributed by atoms with van der Waals surface area (Å²) >= 11 is 0. The quantitative estimate of drug-likeness (QED) is 0.664. The van der Waals surface area contributed by atoms with Crippen LogP contribution in [0.5, 0.6) is 0 Å². The Morgan fingerprint density at radius 2 is 2.00 bits per heavy atom. The van der Waals surface area contributed by atoms with E-state index in [4.69, 9.17) is 4.74 Å². The minimum absolute atomic E-state index is 0.292. The second kappa shape index (κ2) is 7.69. The second-order valence-corrected chi connectivity index (χ2v) is 4.91. The van der Waals surface area contributed by atoms with E-state index in [9.17, 15) is 4.79 Å². The van der Waals surface area contributed by atoms with Gasteiger partial charge in [-0.3, -0.25) is 0 Å². The molecule has 0 radical (unpaired) electrons. The van der Waals surface area contributed by atoms with Crippen molar-refractivity contribution in [3.63, 3.8) is 0 Å². The van der Waals surface area contributed by atoms with E-state index in [-0.39, 0.29) is 5.97 Å². The van der Waals surface area contributed by atoms with Crippen molar-refractivity contribution >= 4 is 17.3 Å². The zero-order chi connectivity index (χ0) is 15.1. The summed E-state index contributed by atoms with van der Waals surface area (Å²) in [6.07, 6.45) is 1.82. The number of hydrogen-bond donors (Lipinski definition) is 1. The Bertz CT molecular complexity index is 491. The summed E-state index contributed by atoms with van der Waals surface area (Å²) in [6.45, 7) is 5.80. The molecule has 1 aliphatic rings. The molecule has 1 aromatic rings. The summed E-state index contributed by atoms with van der Waals surface area (Å²) in [6, 6.07) is 8.30. The first-order valence-electron chi connectivity index (χ1n) is 7.12. The smallest absolute Gasteiger partial charge is 0.333 e. The molecular weight excluding hydrogens is 268 g/mol. The van der Waals surface area contributed by atoms with E-state index < -0.39 is 0 Å². The minimum atomic E-state index is -0.292. The summed E-state index contributed by atoms with van der Waals surface area (Å²) in [5, 5.41) is 3.26. The molecule has 0 aliphatic carbocycles. The predicted molar refractivity (Wildman–Crippen MR) is 83.7 cm³/mol. The first-order valence-corrected chi connectivity index (χ1v) is 7.12. The number of esters is 1. The fraction of sp³-hybridized carbons (Fsp3) is 0.438. The molecular formula is C16H22N2O3. The maximum atomic E-state index is 11.2. The van der Waals surface area contributed by atoms with Crippen LogP contribution in [-0.2, 0) is 14.3 Å². The molecule has 1 saturated heterocycles. The van der Waals surface area contributed by atoms with E-state index in [0.29, 0.717) is 12.1 Å². The van der Waals surface area contributed by atoms with Crippen molar-refractivity contribution in [2.24, 2.45) is 0 Å². The number of nitrogens with zero attached hydrogens (tertiary/aromatic N) is 1. The van der Waals surface area contributed by atoms with Crippen LogP contribution < -0.4 is 10.2 Å². The third-order valence-corrected chi connectivity index (χ3v) is 3.47. The first-order chi connectivity index (χ1) is 10.2. The van der Waals surface area contributed by atoms with E-state index in [1.807, 2.05) is 18.2 Å². The number of nitrogens with one attached hydrogen (secondary N) is 1. The number of morpholine rings is 1. The Labute approximate surface area is 125 Å². The number of benzene rings is 1. The van der Waals surface area contributed by atoms with Gasteiger partial charge in [-0.1, -0.05) is 6.08 Å². The van der Waals surface area contributed by atoms with Crippen LogP contribution in [-0.4, -0.2) is 45.9 Å². The Morgan fingerprint density at radius 3 is 2.62 bits per heavy atom. The van der Waals surface area contributed by atoms with Gasteiger partial charge in [-0.05, 0) is 31.2 Å². The van der Waals surface area contributed by atoms with Gasteiger partial charge in [0.1, 0.15) is 0 Å². The van der Waals surface area contributed by atoms with Crippen LogP contribution in [0, 0.1) is 0 Å². The lowest BCUT2D eigenvalue weighted by Gasteiger charge is -2.28. The zero-order valence-electron chi connectivity index (χ0n) is 12.6. The molecule has 21 heavy (non-hydrogen) atoms. The molecule has 1 aromatic carbocycles. The van der Waals surface area contributed by atoms with Gasteiger partial charge in [0.05, 0.1) is 20.3 Å². The first kappa shape index (κ1) is 15.4. The second-order valence-electron chi connectivity index (χ2n) is 4.91. The fourth-order valence-electron chi connectivity index (χ4n) is 2.18. The molecule has 114 valence electrons. The highest BCUT2D eigenvalue weighted by atomic mass is 16.5. The molecule has 0 saturated carbocycles. The predicted octanol–water partition coefficient (Wildman–Crippen LogP) is 2.05. The van der Waals surface area contributed by atoms with Crippen molar-refractivity contribution in [1.29, 1.82) is 0 Å². The van der Waals surface area contributed by atoms with Gasteiger partial charge in [0.25, 0.3) is 0 Å². The number of carbonyl (C=O) groups excluding carboxylic acids is 1. The Balaban J connectivity index is 1.86. The van der Waals surface area contributed by atoms with Gasteiger partial charge >= 0.3 is 5.97 Å². The van der Waals surface area contributed by atoms with E-state index in [2.05, 4.69) is 27.1 Å². The monoisotopic (exact) mass is 290 g/mol. The van der Waals surface area contributed by atoms with Gasteiger partial charge in [0, 0.05) is 36.6 Å². The molecule has 0 amide bonds. The number of hydrogen-bond acceptors (Lipinski definition) is 5. The summed E-state index contributed by atoms with van der Waals surface area (Å²) in [4.78, 5) is 13.6. The molecule has 2 rings (SSSR count). The topological polar surface area (TPSA) is 50.8 Å². The van der Waals surface area contributed by atoms with E-state index in [0.717, 1.165) is 32.0 Å². The lowest BCUT2D eigenvalue weighted by Crippen LogP contribution is -2.36. The van der Waals surface area contributed by atoms with E-state index in [1.165, 1.54) is 12.8 Å². The molecule has 5 heteroatoms. The highest BCUT2D eigenvalue weighted by molar-refractivity contribution is 5.87. The Morgan fingerprint density at radius 1 is 1.33 bits per heavy atom. The summed E-state index contributed by atoms with van der Waals surface area (Å²) in [5.41, 5.74) is 2.85. The molecule has 5 nitrogen and oxygen atoms in total. The van der Waals surface area contributed by atoms with Gasteiger partial charge in [0.2, 0.25) is 0 Å². The average Bonchev–Trinajstić information content (AvgIpc) is 2.55. The Hall–Kier alpha value is -2.01. The summed E-state index contributed by atoms with van der Waals surface area (Å²) < 4.78 is 10.00. The van der Waals surface area contributed by atoms with Crippen LogP contribution in [0.2, 0.25) is 0 Å². The van der Waals surface area contributed by atoms with Crippen molar-refractivity contribution < 1.29 is 14.3 Å². The molecule has 1 N–H and O–H groups in total. The number of carbonyl (C=O) groups is 1. The van der Waals surface area contributed by atoms with Crippen molar-refractivity contribution in [2.75, 3.05) is 50.2 Å². The van der Waals surface area contributed by atoms with Crippen molar-refractivity contribution in [3.05, 3.63) is 35.9 Å². The van der Waals surface area contributed by atoms with Crippen molar-refractivity contribution in [2.45, 2.75) is 6.92 Å². The van der Waals surface area contributed by atoms with E-state index >= 15 is 0 Å². The number of ether oxygens (including phenoxy) is 2. The largest absolute Gasteiger partial charge is 0.466 e. The highest BCUT2D eigenvalue weighted by Gasteiger charge is 2.10. The molecule has 1 heterocycles. The molecule has 0 aromatic heterocycles.